The zero-order valence-corrected chi connectivity index (χ0v) is 16.3. The number of hydrogen-bond donors (Lipinski definition) is 0. The van der Waals surface area contributed by atoms with Crippen molar-refractivity contribution in [3.8, 4) is 0 Å². The minimum atomic E-state index is 0.626. The standard InChI is InChI=1S/C20H31N5O/c1-4-8-24-9-7-21-20(24)14-25-11-17-5-6-18(25)12-23(10-17)13-19-15(2)22-26-16(19)3/h7,9,17-18H,4-6,8,10-14H2,1-3H3/t17-,18+/m0/s1. The maximum absolute atomic E-state index is 5.37. The van der Waals surface area contributed by atoms with Crippen LogP contribution in [-0.2, 0) is 19.6 Å². The zero-order chi connectivity index (χ0) is 18.1. The smallest absolute Gasteiger partial charge is 0.138 e. The van der Waals surface area contributed by atoms with Gasteiger partial charge >= 0.3 is 0 Å². The van der Waals surface area contributed by atoms with Gasteiger partial charge in [-0.25, -0.2) is 4.98 Å². The number of fused-ring (bicyclic) bond motifs is 4. The molecule has 3 saturated heterocycles. The van der Waals surface area contributed by atoms with Gasteiger partial charge in [0.1, 0.15) is 11.6 Å². The zero-order valence-electron chi connectivity index (χ0n) is 16.3. The Morgan fingerprint density at radius 2 is 2.04 bits per heavy atom. The fourth-order valence-electron chi connectivity index (χ4n) is 4.67. The van der Waals surface area contributed by atoms with Crippen LogP contribution >= 0.6 is 0 Å². The molecule has 142 valence electrons. The van der Waals surface area contributed by atoms with Gasteiger partial charge in [-0.3, -0.25) is 9.80 Å². The molecule has 2 aromatic heterocycles. The van der Waals surface area contributed by atoms with Gasteiger partial charge in [0.05, 0.1) is 12.2 Å². The second-order valence-electron chi connectivity index (χ2n) is 8.06. The summed E-state index contributed by atoms with van der Waals surface area (Å²) >= 11 is 0. The summed E-state index contributed by atoms with van der Waals surface area (Å²) in [5.41, 5.74) is 2.31. The van der Waals surface area contributed by atoms with Gasteiger partial charge in [0.25, 0.3) is 0 Å². The molecule has 0 amide bonds. The minimum Gasteiger partial charge on any atom is -0.361 e. The molecule has 3 aliphatic heterocycles. The summed E-state index contributed by atoms with van der Waals surface area (Å²) in [4.78, 5) is 9.93. The van der Waals surface area contributed by atoms with Gasteiger partial charge < -0.3 is 9.09 Å². The number of rotatable bonds is 6. The Balaban J connectivity index is 1.45. The van der Waals surface area contributed by atoms with Crippen molar-refractivity contribution >= 4 is 0 Å². The quantitative estimate of drug-likeness (QED) is 0.795. The van der Waals surface area contributed by atoms with Crippen LogP contribution in [0, 0.1) is 19.8 Å². The normalized spacial score (nSPS) is 24.3. The lowest BCUT2D eigenvalue weighted by atomic mass is 9.95. The fraction of sp³-hybridized carbons (Fsp3) is 0.700. The van der Waals surface area contributed by atoms with Crippen molar-refractivity contribution in [1.82, 2.24) is 24.5 Å². The first kappa shape index (κ1) is 17.7. The van der Waals surface area contributed by atoms with Crippen LogP contribution in [0.15, 0.2) is 16.9 Å². The Bertz CT molecular complexity index is 717. The van der Waals surface area contributed by atoms with Crippen LogP contribution in [0.4, 0.5) is 0 Å². The van der Waals surface area contributed by atoms with Gasteiger partial charge in [-0.2, -0.15) is 0 Å². The summed E-state index contributed by atoms with van der Waals surface area (Å²) in [6.07, 6.45) is 7.88. The number of aromatic nitrogens is 3. The van der Waals surface area contributed by atoms with Crippen molar-refractivity contribution in [2.75, 3.05) is 19.6 Å². The average molecular weight is 358 g/mol. The number of aryl methyl sites for hydroxylation is 3. The summed E-state index contributed by atoms with van der Waals surface area (Å²) in [6.45, 7) is 12.8. The molecule has 5 heterocycles. The molecule has 6 heteroatoms. The molecule has 0 radical (unpaired) electrons. The number of piperidine rings is 1. The van der Waals surface area contributed by atoms with E-state index in [0.717, 1.165) is 50.0 Å². The summed E-state index contributed by atoms with van der Waals surface area (Å²) in [5.74, 6) is 2.94. The Kier molecular flexibility index (Phi) is 5.14. The predicted octanol–water partition coefficient (Wildman–Crippen LogP) is 2.99. The number of hydrogen-bond acceptors (Lipinski definition) is 5. The van der Waals surface area contributed by atoms with Gasteiger partial charge in [-0.15, -0.1) is 0 Å². The third-order valence-electron chi connectivity index (χ3n) is 6.08. The highest BCUT2D eigenvalue weighted by atomic mass is 16.5. The van der Waals surface area contributed by atoms with Crippen LogP contribution < -0.4 is 0 Å². The van der Waals surface area contributed by atoms with E-state index < -0.39 is 0 Å². The lowest BCUT2D eigenvalue weighted by Gasteiger charge is -2.36. The molecule has 2 atom stereocenters. The SMILES string of the molecule is CCCn1ccnc1CN1C[C@H]2CC[C@@H]1CN(Cc1c(C)noc1C)C2. The van der Waals surface area contributed by atoms with Gasteiger partial charge in [-0.1, -0.05) is 12.1 Å². The summed E-state index contributed by atoms with van der Waals surface area (Å²) in [5, 5.41) is 4.13. The Hall–Kier alpha value is -1.66. The predicted molar refractivity (Wildman–Crippen MR) is 101 cm³/mol. The Morgan fingerprint density at radius 3 is 2.81 bits per heavy atom. The topological polar surface area (TPSA) is 50.3 Å². The maximum Gasteiger partial charge on any atom is 0.138 e. The first-order valence-corrected chi connectivity index (χ1v) is 10.0. The van der Waals surface area contributed by atoms with Crippen molar-refractivity contribution in [3.63, 3.8) is 0 Å². The number of nitrogens with zero attached hydrogens (tertiary/aromatic N) is 5. The second-order valence-corrected chi connectivity index (χ2v) is 8.06. The minimum absolute atomic E-state index is 0.626. The molecule has 26 heavy (non-hydrogen) atoms. The molecule has 2 aromatic rings. The van der Waals surface area contributed by atoms with Gasteiger partial charge in [0, 0.05) is 56.7 Å². The van der Waals surface area contributed by atoms with E-state index in [0.29, 0.717) is 6.04 Å². The van der Waals surface area contributed by atoms with Crippen molar-refractivity contribution in [2.24, 2.45) is 5.92 Å². The highest BCUT2D eigenvalue weighted by Crippen LogP contribution is 2.30. The monoisotopic (exact) mass is 357 g/mol. The molecule has 0 spiro atoms. The van der Waals surface area contributed by atoms with Crippen molar-refractivity contribution in [1.29, 1.82) is 0 Å². The van der Waals surface area contributed by atoms with Gasteiger partial charge in [0.2, 0.25) is 0 Å². The summed E-state index contributed by atoms with van der Waals surface area (Å²) in [6, 6.07) is 0.626. The largest absolute Gasteiger partial charge is 0.361 e. The molecule has 0 aromatic carbocycles. The third kappa shape index (κ3) is 3.58. The Morgan fingerprint density at radius 1 is 1.15 bits per heavy atom. The molecule has 3 aliphatic rings. The highest BCUT2D eigenvalue weighted by Gasteiger charge is 2.35. The van der Waals surface area contributed by atoms with Crippen LogP contribution in [-0.4, -0.2) is 50.2 Å². The molecule has 5 rings (SSSR count). The van der Waals surface area contributed by atoms with Crippen LogP contribution in [0.5, 0.6) is 0 Å². The molecular weight excluding hydrogens is 326 g/mol. The van der Waals surface area contributed by atoms with Gasteiger partial charge in [0.15, 0.2) is 0 Å². The lowest BCUT2D eigenvalue weighted by molar-refractivity contribution is 0.118. The van der Waals surface area contributed by atoms with Crippen LogP contribution in [0.25, 0.3) is 0 Å². The summed E-state index contributed by atoms with van der Waals surface area (Å²) < 4.78 is 7.69. The highest BCUT2D eigenvalue weighted by molar-refractivity contribution is 5.20. The van der Waals surface area contributed by atoms with E-state index in [1.54, 1.807) is 0 Å². The van der Waals surface area contributed by atoms with E-state index in [9.17, 15) is 0 Å². The Labute approximate surface area is 156 Å². The average Bonchev–Trinajstić information content (AvgIpc) is 3.05. The van der Waals surface area contributed by atoms with Crippen LogP contribution in [0.2, 0.25) is 0 Å². The molecule has 0 unspecified atom stereocenters. The second kappa shape index (κ2) is 7.53. The molecule has 0 N–H and O–H groups in total. The molecular formula is C20H31N5O. The third-order valence-corrected chi connectivity index (χ3v) is 6.08. The lowest BCUT2D eigenvalue weighted by Crippen LogP contribution is -2.43. The van der Waals surface area contributed by atoms with E-state index in [1.807, 2.05) is 13.1 Å². The first-order chi connectivity index (χ1) is 12.6. The molecule has 2 bridgehead atoms. The van der Waals surface area contributed by atoms with Crippen LogP contribution in [0.1, 0.15) is 49.0 Å². The maximum atomic E-state index is 5.37. The first-order valence-electron chi connectivity index (χ1n) is 10.0. The van der Waals surface area contributed by atoms with E-state index in [2.05, 4.69) is 44.6 Å². The molecule has 0 aliphatic carbocycles. The van der Waals surface area contributed by atoms with Gasteiger partial charge in [-0.05, 0) is 39.0 Å². The fourth-order valence-corrected chi connectivity index (χ4v) is 4.67. The van der Waals surface area contributed by atoms with E-state index in [4.69, 9.17) is 4.52 Å². The summed E-state index contributed by atoms with van der Waals surface area (Å²) in [7, 11) is 0. The molecule has 0 saturated carbocycles. The van der Waals surface area contributed by atoms with Crippen molar-refractivity contribution < 1.29 is 4.52 Å². The van der Waals surface area contributed by atoms with Crippen molar-refractivity contribution in [2.45, 2.75) is 65.7 Å². The van der Waals surface area contributed by atoms with E-state index in [1.165, 1.54) is 37.3 Å². The molecule has 3 fully saturated rings. The van der Waals surface area contributed by atoms with E-state index >= 15 is 0 Å². The van der Waals surface area contributed by atoms with Crippen LogP contribution in [0.3, 0.4) is 0 Å². The molecule has 6 nitrogen and oxygen atoms in total. The van der Waals surface area contributed by atoms with E-state index in [-0.39, 0.29) is 0 Å². The van der Waals surface area contributed by atoms with Crippen molar-refractivity contribution in [3.05, 3.63) is 35.2 Å². The number of imidazole rings is 1.